The molecule has 3 aromatic rings. The van der Waals surface area contributed by atoms with E-state index in [-0.39, 0.29) is 5.91 Å². The standard InChI is InChI=1S/C18H17BrN4O2S/c1-9-15(23-8-10(19)6-7-13(23)21-9)17(25)22-18-14(16(20)24)11-4-2-3-5-12(11)26-18/h6-8H,2-5H2,1H3,(H2,20,24)(H,22,25). The molecule has 2 amide bonds. The largest absolute Gasteiger partial charge is 0.365 e. The number of carbonyl (C=O) groups excluding carboxylic acids is 2. The maximum absolute atomic E-state index is 13.0. The average Bonchev–Trinajstić information content (AvgIpc) is 3.10. The summed E-state index contributed by atoms with van der Waals surface area (Å²) in [5, 5.41) is 3.45. The summed E-state index contributed by atoms with van der Waals surface area (Å²) in [6.07, 6.45) is 5.70. The van der Waals surface area contributed by atoms with Crippen molar-refractivity contribution < 1.29 is 9.59 Å². The van der Waals surface area contributed by atoms with Gasteiger partial charge in [-0.3, -0.25) is 14.0 Å². The van der Waals surface area contributed by atoms with E-state index in [1.54, 1.807) is 17.5 Å². The van der Waals surface area contributed by atoms with Crippen LogP contribution in [0.5, 0.6) is 0 Å². The van der Waals surface area contributed by atoms with Crippen LogP contribution < -0.4 is 11.1 Å². The lowest BCUT2D eigenvalue weighted by molar-refractivity contribution is 0.100. The number of aromatic nitrogens is 2. The Morgan fingerprint density at radius 2 is 2.08 bits per heavy atom. The zero-order valence-electron chi connectivity index (χ0n) is 14.1. The van der Waals surface area contributed by atoms with Crippen LogP contribution in [0.25, 0.3) is 5.65 Å². The van der Waals surface area contributed by atoms with Crippen LogP contribution in [0.4, 0.5) is 5.00 Å². The normalized spacial score (nSPS) is 13.6. The highest BCUT2D eigenvalue weighted by atomic mass is 79.9. The minimum absolute atomic E-state index is 0.297. The third-order valence-corrected chi connectivity index (χ3v) is 6.29. The van der Waals surface area contributed by atoms with Crippen LogP contribution in [0, 0.1) is 6.92 Å². The molecule has 0 aliphatic heterocycles. The van der Waals surface area contributed by atoms with Gasteiger partial charge in [0.25, 0.3) is 11.8 Å². The van der Waals surface area contributed by atoms with Gasteiger partial charge < -0.3 is 11.1 Å². The minimum atomic E-state index is -0.489. The van der Waals surface area contributed by atoms with Gasteiger partial charge in [-0.2, -0.15) is 0 Å². The fourth-order valence-electron chi connectivity index (χ4n) is 3.49. The third-order valence-electron chi connectivity index (χ3n) is 4.62. The van der Waals surface area contributed by atoms with Gasteiger partial charge in [-0.15, -0.1) is 11.3 Å². The molecule has 4 rings (SSSR count). The number of carbonyl (C=O) groups is 2. The molecule has 3 heterocycles. The number of hydrogen-bond acceptors (Lipinski definition) is 4. The van der Waals surface area contributed by atoms with Gasteiger partial charge >= 0.3 is 0 Å². The minimum Gasteiger partial charge on any atom is -0.365 e. The van der Waals surface area contributed by atoms with E-state index in [1.165, 1.54) is 11.3 Å². The predicted octanol–water partition coefficient (Wildman–Crippen LogP) is 3.70. The zero-order valence-corrected chi connectivity index (χ0v) is 16.5. The number of amides is 2. The van der Waals surface area contributed by atoms with Crippen LogP contribution in [0.3, 0.4) is 0 Å². The number of hydrogen-bond donors (Lipinski definition) is 2. The molecule has 0 saturated carbocycles. The lowest BCUT2D eigenvalue weighted by Gasteiger charge is -2.11. The Labute approximate surface area is 162 Å². The van der Waals surface area contributed by atoms with Crippen molar-refractivity contribution in [1.82, 2.24) is 9.38 Å². The van der Waals surface area contributed by atoms with E-state index in [0.29, 0.717) is 27.6 Å². The van der Waals surface area contributed by atoms with Crippen molar-refractivity contribution >= 4 is 49.7 Å². The number of halogens is 1. The van der Waals surface area contributed by atoms with E-state index in [9.17, 15) is 9.59 Å². The second-order valence-electron chi connectivity index (χ2n) is 6.35. The van der Waals surface area contributed by atoms with Crippen LogP contribution in [0.15, 0.2) is 22.8 Å². The first kappa shape index (κ1) is 17.2. The summed E-state index contributed by atoms with van der Waals surface area (Å²) < 4.78 is 2.59. The molecule has 1 aliphatic carbocycles. The fraction of sp³-hybridized carbons (Fsp3) is 0.278. The van der Waals surface area contributed by atoms with Crippen molar-refractivity contribution in [3.63, 3.8) is 0 Å². The van der Waals surface area contributed by atoms with Crippen LogP contribution in [0.1, 0.15) is 49.8 Å². The third kappa shape index (κ3) is 2.83. The summed E-state index contributed by atoms with van der Waals surface area (Å²) in [5.74, 6) is -0.786. The van der Waals surface area contributed by atoms with Gasteiger partial charge in [0, 0.05) is 15.5 Å². The average molecular weight is 433 g/mol. The second-order valence-corrected chi connectivity index (χ2v) is 8.38. The van der Waals surface area contributed by atoms with E-state index in [2.05, 4.69) is 26.2 Å². The summed E-state index contributed by atoms with van der Waals surface area (Å²) in [5.41, 5.74) is 8.84. The zero-order chi connectivity index (χ0) is 18.4. The molecule has 0 fully saturated rings. The number of thiophene rings is 1. The van der Waals surface area contributed by atoms with E-state index in [0.717, 1.165) is 40.6 Å². The molecule has 26 heavy (non-hydrogen) atoms. The molecule has 0 unspecified atom stereocenters. The van der Waals surface area contributed by atoms with Crippen molar-refractivity contribution in [1.29, 1.82) is 0 Å². The molecule has 3 N–H and O–H groups in total. The number of rotatable bonds is 3. The Bertz CT molecular complexity index is 1050. The molecule has 0 bridgehead atoms. The van der Waals surface area contributed by atoms with E-state index < -0.39 is 5.91 Å². The topological polar surface area (TPSA) is 89.5 Å². The number of imidazole rings is 1. The Kier molecular flexibility index (Phi) is 4.32. The van der Waals surface area contributed by atoms with Crippen LogP contribution in [0.2, 0.25) is 0 Å². The number of anilines is 1. The first-order valence-corrected chi connectivity index (χ1v) is 9.96. The number of fused-ring (bicyclic) bond motifs is 2. The quantitative estimate of drug-likeness (QED) is 0.660. The highest BCUT2D eigenvalue weighted by Gasteiger charge is 2.26. The summed E-state index contributed by atoms with van der Waals surface area (Å²) in [7, 11) is 0. The maximum atomic E-state index is 13.0. The number of pyridine rings is 1. The molecule has 3 aromatic heterocycles. The van der Waals surface area contributed by atoms with Crippen LogP contribution >= 0.6 is 27.3 Å². The Balaban J connectivity index is 1.76. The van der Waals surface area contributed by atoms with Gasteiger partial charge in [0.15, 0.2) is 0 Å². The summed E-state index contributed by atoms with van der Waals surface area (Å²) >= 11 is 4.88. The lowest BCUT2D eigenvalue weighted by atomic mass is 9.95. The van der Waals surface area contributed by atoms with Crippen molar-refractivity contribution in [2.24, 2.45) is 5.73 Å². The summed E-state index contributed by atoms with van der Waals surface area (Å²) in [6.45, 7) is 1.80. The number of aryl methyl sites for hydroxylation is 2. The highest BCUT2D eigenvalue weighted by Crippen LogP contribution is 2.38. The molecule has 1 aliphatic rings. The highest BCUT2D eigenvalue weighted by molar-refractivity contribution is 9.10. The van der Waals surface area contributed by atoms with Crippen LogP contribution in [-0.4, -0.2) is 21.2 Å². The monoisotopic (exact) mass is 432 g/mol. The maximum Gasteiger partial charge on any atom is 0.275 e. The van der Waals surface area contributed by atoms with Crippen molar-refractivity contribution in [3.8, 4) is 0 Å². The van der Waals surface area contributed by atoms with Crippen molar-refractivity contribution in [2.75, 3.05) is 5.32 Å². The van der Waals surface area contributed by atoms with Gasteiger partial charge in [0.1, 0.15) is 16.3 Å². The van der Waals surface area contributed by atoms with E-state index in [1.807, 2.05) is 12.1 Å². The van der Waals surface area contributed by atoms with Gasteiger partial charge in [-0.05, 0) is 66.2 Å². The van der Waals surface area contributed by atoms with Gasteiger partial charge in [0.2, 0.25) is 0 Å². The molecule has 0 atom stereocenters. The first-order chi connectivity index (χ1) is 12.5. The second kappa shape index (κ2) is 6.51. The fourth-order valence-corrected chi connectivity index (χ4v) is 5.11. The molecule has 8 heteroatoms. The van der Waals surface area contributed by atoms with Gasteiger partial charge in [-0.25, -0.2) is 4.98 Å². The Hall–Kier alpha value is -2.19. The number of nitrogens with one attached hydrogen (secondary N) is 1. The molecule has 6 nitrogen and oxygen atoms in total. The number of primary amides is 1. The molecule has 0 aromatic carbocycles. The summed E-state index contributed by atoms with van der Waals surface area (Å²) in [6, 6.07) is 3.72. The number of nitrogens with zero attached hydrogens (tertiary/aromatic N) is 2. The van der Waals surface area contributed by atoms with Gasteiger partial charge in [0.05, 0.1) is 11.3 Å². The smallest absolute Gasteiger partial charge is 0.275 e. The SMILES string of the molecule is Cc1nc2ccc(Br)cn2c1C(=O)Nc1sc2c(c1C(N)=O)CCCC2. The molecular weight excluding hydrogens is 416 g/mol. The molecule has 134 valence electrons. The van der Waals surface area contributed by atoms with E-state index >= 15 is 0 Å². The first-order valence-electron chi connectivity index (χ1n) is 8.35. The van der Waals surface area contributed by atoms with Crippen molar-refractivity contribution in [3.05, 3.63) is 50.2 Å². The van der Waals surface area contributed by atoms with Crippen LogP contribution in [-0.2, 0) is 12.8 Å². The van der Waals surface area contributed by atoms with Crippen molar-refractivity contribution in [2.45, 2.75) is 32.6 Å². The van der Waals surface area contributed by atoms with E-state index in [4.69, 9.17) is 5.73 Å². The Morgan fingerprint density at radius 1 is 1.31 bits per heavy atom. The Morgan fingerprint density at radius 3 is 2.85 bits per heavy atom. The number of nitrogens with two attached hydrogens (primary N) is 1. The predicted molar refractivity (Wildman–Crippen MR) is 105 cm³/mol. The lowest BCUT2D eigenvalue weighted by Crippen LogP contribution is -2.20. The van der Waals surface area contributed by atoms with Gasteiger partial charge in [-0.1, -0.05) is 0 Å². The molecular formula is C18H17BrN4O2S. The molecule has 0 radical (unpaired) electrons. The molecule has 0 spiro atoms. The molecule has 0 saturated heterocycles. The summed E-state index contributed by atoms with van der Waals surface area (Å²) in [4.78, 5) is 30.6.